The third-order valence-electron chi connectivity index (χ3n) is 3.33. The van der Waals surface area contributed by atoms with E-state index in [9.17, 15) is 4.79 Å². The number of fused-ring (bicyclic) bond motifs is 1. The van der Waals surface area contributed by atoms with Gasteiger partial charge in [0, 0.05) is 23.3 Å². The van der Waals surface area contributed by atoms with Gasteiger partial charge < -0.3 is 20.2 Å². The molecule has 108 valence electrons. The number of nitrogens with zero attached hydrogens (tertiary/aromatic N) is 1. The molecule has 0 fully saturated rings. The summed E-state index contributed by atoms with van der Waals surface area (Å²) in [6.07, 6.45) is 3.59. The Morgan fingerprint density at radius 1 is 1.19 bits per heavy atom. The molecule has 1 amide bonds. The van der Waals surface area contributed by atoms with E-state index in [2.05, 4.69) is 15.2 Å². The van der Waals surface area contributed by atoms with Crippen molar-refractivity contribution in [2.75, 3.05) is 14.2 Å². The zero-order valence-electron chi connectivity index (χ0n) is 11.6. The van der Waals surface area contributed by atoms with Crippen molar-refractivity contribution in [1.82, 2.24) is 15.2 Å². The number of aromatic amines is 2. The van der Waals surface area contributed by atoms with Gasteiger partial charge in [0.15, 0.2) is 11.5 Å². The standard InChI is InChI=1S/C14H14N4O3/c1-20-11-3-7(8(14(15)19)4-12(11)21-2)13-9-5-16-6-10(9)17-18-13/h3-6,16-17H,1-2H3,(H2,15,19). The molecule has 2 aromatic heterocycles. The molecule has 3 rings (SSSR count). The highest BCUT2D eigenvalue weighted by Gasteiger charge is 2.19. The van der Waals surface area contributed by atoms with E-state index in [1.165, 1.54) is 14.2 Å². The molecule has 0 saturated heterocycles. The van der Waals surface area contributed by atoms with E-state index in [-0.39, 0.29) is 0 Å². The monoisotopic (exact) mass is 286 g/mol. The minimum Gasteiger partial charge on any atom is -0.493 e. The van der Waals surface area contributed by atoms with Gasteiger partial charge in [-0.1, -0.05) is 0 Å². The molecule has 7 heteroatoms. The van der Waals surface area contributed by atoms with E-state index in [4.69, 9.17) is 15.2 Å². The first-order valence-corrected chi connectivity index (χ1v) is 6.22. The molecule has 4 N–H and O–H groups in total. The molecule has 0 saturated carbocycles. The maximum atomic E-state index is 11.7. The number of aromatic nitrogens is 3. The Morgan fingerprint density at radius 2 is 1.90 bits per heavy atom. The third-order valence-corrected chi connectivity index (χ3v) is 3.33. The molecule has 21 heavy (non-hydrogen) atoms. The molecule has 1 aromatic carbocycles. The molecule has 0 aliphatic heterocycles. The number of amides is 1. The fourth-order valence-corrected chi connectivity index (χ4v) is 2.31. The van der Waals surface area contributed by atoms with Gasteiger partial charge in [0.2, 0.25) is 5.91 Å². The SMILES string of the molecule is COc1cc(C(N)=O)c(-c2n[nH]c3c[nH]cc23)cc1OC. The normalized spacial score (nSPS) is 10.8. The van der Waals surface area contributed by atoms with E-state index < -0.39 is 5.91 Å². The second-order valence-corrected chi connectivity index (χ2v) is 4.47. The Morgan fingerprint density at radius 3 is 2.57 bits per heavy atom. The Bertz CT molecular complexity index is 819. The van der Waals surface area contributed by atoms with E-state index in [1.54, 1.807) is 24.5 Å². The summed E-state index contributed by atoms with van der Waals surface area (Å²) in [5.41, 5.74) is 7.85. The summed E-state index contributed by atoms with van der Waals surface area (Å²) in [4.78, 5) is 14.7. The lowest BCUT2D eigenvalue weighted by Crippen LogP contribution is -2.13. The number of hydrogen-bond donors (Lipinski definition) is 3. The smallest absolute Gasteiger partial charge is 0.249 e. The predicted molar refractivity (Wildman–Crippen MR) is 77.5 cm³/mol. The van der Waals surface area contributed by atoms with Gasteiger partial charge in [0.1, 0.15) is 5.69 Å². The summed E-state index contributed by atoms with van der Waals surface area (Å²) < 4.78 is 10.5. The summed E-state index contributed by atoms with van der Waals surface area (Å²) in [6, 6.07) is 3.26. The summed E-state index contributed by atoms with van der Waals surface area (Å²) in [5.74, 6) is 0.387. The van der Waals surface area contributed by atoms with Gasteiger partial charge in [-0.05, 0) is 12.1 Å². The van der Waals surface area contributed by atoms with Crippen LogP contribution in [0.15, 0.2) is 24.5 Å². The Kier molecular flexibility index (Phi) is 3.02. The lowest BCUT2D eigenvalue weighted by Gasteiger charge is -2.12. The average Bonchev–Trinajstić information content (AvgIpc) is 3.08. The minimum absolute atomic E-state index is 0.322. The van der Waals surface area contributed by atoms with Gasteiger partial charge >= 0.3 is 0 Å². The number of rotatable bonds is 4. The molecule has 0 unspecified atom stereocenters. The topological polar surface area (TPSA) is 106 Å². The van der Waals surface area contributed by atoms with Crippen LogP contribution in [-0.2, 0) is 0 Å². The first-order valence-electron chi connectivity index (χ1n) is 6.22. The van der Waals surface area contributed by atoms with Crippen LogP contribution in [0.25, 0.3) is 22.2 Å². The minimum atomic E-state index is -0.558. The first-order chi connectivity index (χ1) is 10.2. The van der Waals surface area contributed by atoms with Crippen LogP contribution in [0.2, 0.25) is 0 Å². The molecule has 0 aliphatic carbocycles. The van der Waals surface area contributed by atoms with Gasteiger partial charge in [-0.15, -0.1) is 0 Å². The maximum Gasteiger partial charge on any atom is 0.249 e. The zero-order valence-corrected chi connectivity index (χ0v) is 11.6. The molecule has 7 nitrogen and oxygen atoms in total. The molecule has 0 spiro atoms. The fourth-order valence-electron chi connectivity index (χ4n) is 2.31. The second-order valence-electron chi connectivity index (χ2n) is 4.47. The molecule has 2 heterocycles. The number of benzene rings is 1. The Balaban J connectivity index is 2.30. The highest BCUT2D eigenvalue weighted by Crippen LogP contribution is 2.37. The predicted octanol–water partition coefficient (Wildman–Crippen LogP) is 1.67. The second kappa shape index (κ2) is 4.86. The number of primary amides is 1. The lowest BCUT2D eigenvalue weighted by atomic mass is 10.0. The number of nitrogens with two attached hydrogens (primary N) is 1. The number of H-pyrrole nitrogens is 2. The van der Waals surface area contributed by atoms with Crippen LogP contribution in [0, 0.1) is 0 Å². The molecule has 0 atom stereocenters. The number of methoxy groups -OCH3 is 2. The third kappa shape index (κ3) is 1.99. The van der Waals surface area contributed by atoms with Crippen molar-refractivity contribution in [3.63, 3.8) is 0 Å². The number of carbonyl (C=O) groups is 1. The van der Waals surface area contributed by atoms with Gasteiger partial charge in [-0.2, -0.15) is 5.10 Å². The molecule has 3 aromatic rings. The highest BCUT2D eigenvalue weighted by molar-refractivity contribution is 6.04. The number of carbonyl (C=O) groups excluding carboxylic acids is 1. The van der Waals surface area contributed by atoms with Crippen molar-refractivity contribution >= 4 is 16.8 Å². The van der Waals surface area contributed by atoms with Crippen LogP contribution in [0.4, 0.5) is 0 Å². The Labute approximate surface area is 120 Å². The quantitative estimate of drug-likeness (QED) is 0.678. The fraction of sp³-hybridized carbons (Fsp3) is 0.143. The summed E-state index contributed by atoms with van der Waals surface area (Å²) in [5, 5.41) is 8.01. The van der Waals surface area contributed by atoms with Crippen LogP contribution >= 0.6 is 0 Å². The number of nitrogens with one attached hydrogen (secondary N) is 2. The summed E-state index contributed by atoms with van der Waals surface area (Å²) >= 11 is 0. The van der Waals surface area contributed by atoms with Crippen molar-refractivity contribution in [1.29, 1.82) is 0 Å². The highest BCUT2D eigenvalue weighted by atomic mass is 16.5. The van der Waals surface area contributed by atoms with Crippen LogP contribution < -0.4 is 15.2 Å². The average molecular weight is 286 g/mol. The van der Waals surface area contributed by atoms with Crippen LogP contribution in [0.5, 0.6) is 11.5 Å². The molecular weight excluding hydrogens is 272 g/mol. The molecule has 0 bridgehead atoms. The van der Waals surface area contributed by atoms with Crippen molar-refractivity contribution in [3.8, 4) is 22.8 Å². The molecule has 0 radical (unpaired) electrons. The first kappa shape index (κ1) is 13.0. The number of ether oxygens (including phenoxy) is 2. The van der Waals surface area contributed by atoms with Gasteiger partial charge in [-0.25, -0.2) is 0 Å². The van der Waals surface area contributed by atoms with Crippen LogP contribution in [-0.4, -0.2) is 35.3 Å². The van der Waals surface area contributed by atoms with Crippen LogP contribution in [0.3, 0.4) is 0 Å². The molecular formula is C14H14N4O3. The van der Waals surface area contributed by atoms with Gasteiger partial charge in [-0.3, -0.25) is 9.89 Å². The summed E-state index contributed by atoms with van der Waals surface area (Å²) in [6.45, 7) is 0. The van der Waals surface area contributed by atoms with Crippen molar-refractivity contribution in [3.05, 3.63) is 30.1 Å². The van der Waals surface area contributed by atoms with Crippen molar-refractivity contribution < 1.29 is 14.3 Å². The van der Waals surface area contributed by atoms with E-state index in [1.807, 2.05) is 0 Å². The molecule has 0 aliphatic rings. The van der Waals surface area contributed by atoms with Gasteiger partial charge in [0.25, 0.3) is 0 Å². The lowest BCUT2D eigenvalue weighted by molar-refractivity contribution is 0.100. The maximum absolute atomic E-state index is 11.7. The largest absolute Gasteiger partial charge is 0.493 e. The number of hydrogen-bond acceptors (Lipinski definition) is 4. The van der Waals surface area contributed by atoms with Crippen molar-refractivity contribution in [2.24, 2.45) is 5.73 Å². The van der Waals surface area contributed by atoms with E-state index in [0.717, 1.165) is 10.9 Å². The van der Waals surface area contributed by atoms with Crippen molar-refractivity contribution in [2.45, 2.75) is 0 Å². The van der Waals surface area contributed by atoms with Gasteiger partial charge in [0.05, 0.1) is 25.3 Å². The van der Waals surface area contributed by atoms with Crippen LogP contribution in [0.1, 0.15) is 10.4 Å². The summed E-state index contributed by atoms with van der Waals surface area (Å²) in [7, 11) is 3.03. The Hall–Kier alpha value is -2.96. The zero-order chi connectivity index (χ0) is 15.0. The van der Waals surface area contributed by atoms with E-state index >= 15 is 0 Å². The van der Waals surface area contributed by atoms with E-state index in [0.29, 0.717) is 28.3 Å².